The van der Waals surface area contributed by atoms with Gasteiger partial charge in [-0.25, -0.2) is 0 Å². The molecule has 1 aliphatic heterocycles. The lowest BCUT2D eigenvalue weighted by Gasteiger charge is -2.39. The van der Waals surface area contributed by atoms with Crippen LogP contribution in [0.4, 0.5) is 5.69 Å². The Kier molecular flexibility index (Phi) is 4.34. The van der Waals surface area contributed by atoms with Crippen LogP contribution < -0.4 is 14.7 Å². The number of carbonyl (C=O) groups excluding carboxylic acids is 2. The van der Waals surface area contributed by atoms with E-state index in [0.717, 1.165) is 17.9 Å². The van der Waals surface area contributed by atoms with E-state index in [0.29, 0.717) is 26.2 Å². The Labute approximate surface area is 153 Å². The summed E-state index contributed by atoms with van der Waals surface area (Å²) in [7, 11) is 1.65. The first-order valence-corrected chi connectivity index (χ1v) is 9.16. The number of methoxy groups -OCH3 is 1. The molecule has 3 aliphatic rings. The number of anilines is 1. The van der Waals surface area contributed by atoms with E-state index in [1.807, 2.05) is 41.3 Å². The number of ether oxygens (including phenoxy) is 1. The number of amides is 1. The molecule has 0 radical (unpaired) electrons. The molecule has 1 aromatic rings. The smallest absolute Gasteiger partial charge is 0.227 e. The summed E-state index contributed by atoms with van der Waals surface area (Å²) >= 11 is 0. The second kappa shape index (κ2) is 6.67. The Morgan fingerprint density at radius 1 is 1.04 bits per heavy atom. The van der Waals surface area contributed by atoms with E-state index in [1.165, 1.54) is 0 Å². The van der Waals surface area contributed by atoms with E-state index in [4.69, 9.17) is 4.74 Å². The molecule has 0 spiro atoms. The van der Waals surface area contributed by atoms with E-state index in [1.54, 1.807) is 7.11 Å². The standard InChI is InChI=1S/C20H24N2O4/c1-26-16-5-3-2-4-15(16)21-8-10-22(11-9-21)19(23)17-13-6-7-14(12-13)18(17)20(24)25/h2-7,13-14,17-18H,8-12H2,1H3,(H,24,25)/p-1/t13-,14+,17+,18+/m1/s1. The average molecular weight is 355 g/mol. The van der Waals surface area contributed by atoms with Crippen molar-refractivity contribution in [3.63, 3.8) is 0 Å². The van der Waals surface area contributed by atoms with Crippen LogP contribution in [0.5, 0.6) is 5.75 Å². The molecule has 0 unspecified atom stereocenters. The minimum Gasteiger partial charge on any atom is -0.550 e. The lowest BCUT2D eigenvalue weighted by Crippen LogP contribution is -2.53. The van der Waals surface area contributed by atoms with Crippen molar-refractivity contribution in [2.24, 2.45) is 23.7 Å². The summed E-state index contributed by atoms with van der Waals surface area (Å²) in [6.07, 6.45) is 4.71. The lowest BCUT2D eigenvalue weighted by molar-refractivity contribution is -0.313. The molecular formula is C20H23N2O4-. The third-order valence-corrected chi connectivity index (χ3v) is 6.03. The fraction of sp³-hybridized carbons (Fsp3) is 0.500. The quantitative estimate of drug-likeness (QED) is 0.737. The second-order valence-electron chi connectivity index (χ2n) is 7.30. The van der Waals surface area contributed by atoms with Gasteiger partial charge in [-0.1, -0.05) is 24.3 Å². The molecule has 1 amide bonds. The van der Waals surface area contributed by atoms with Crippen molar-refractivity contribution in [3.8, 4) is 5.75 Å². The van der Waals surface area contributed by atoms with Crippen molar-refractivity contribution < 1.29 is 19.4 Å². The van der Waals surface area contributed by atoms with Crippen LogP contribution in [-0.4, -0.2) is 50.1 Å². The van der Waals surface area contributed by atoms with Crippen molar-refractivity contribution in [2.45, 2.75) is 6.42 Å². The summed E-state index contributed by atoms with van der Waals surface area (Å²) in [6.45, 7) is 2.60. The van der Waals surface area contributed by atoms with Gasteiger partial charge in [0.05, 0.1) is 18.7 Å². The second-order valence-corrected chi connectivity index (χ2v) is 7.30. The number of carboxylic acid groups (broad SMARTS) is 1. The molecule has 1 heterocycles. The van der Waals surface area contributed by atoms with Gasteiger partial charge < -0.3 is 24.4 Å². The number of carbonyl (C=O) groups is 2. The van der Waals surface area contributed by atoms with Gasteiger partial charge in [0.15, 0.2) is 0 Å². The fourth-order valence-corrected chi connectivity index (χ4v) is 4.75. The first-order chi connectivity index (χ1) is 12.6. The third kappa shape index (κ3) is 2.73. The zero-order valence-electron chi connectivity index (χ0n) is 14.8. The molecule has 4 rings (SSSR count). The molecule has 4 atom stereocenters. The average Bonchev–Trinajstić information content (AvgIpc) is 3.29. The number of aliphatic carboxylic acids is 1. The Balaban J connectivity index is 1.44. The molecule has 1 aromatic carbocycles. The molecule has 1 saturated carbocycles. The molecule has 0 N–H and O–H groups in total. The van der Waals surface area contributed by atoms with Gasteiger partial charge in [-0.15, -0.1) is 0 Å². The number of allylic oxidation sites excluding steroid dienone is 2. The topological polar surface area (TPSA) is 72.9 Å². The van der Waals surface area contributed by atoms with Crippen LogP contribution in [-0.2, 0) is 9.59 Å². The van der Waals surface area contributed by atoms with Gasteiger partial charge in [-0.3, -0.25) is 4.79 Å². The van der Waals surface area contributed by atoms with Gasteiger partial charge in [-0.05, 0) is 30.4 Å². The highest BCUT2D eigenvalue weighted by Gasteiger charge is 2.50. The number of rotatable bonds is 4. The largest absolute Gasteiger partial charge is 0.550 e. The van der Waals surface area contributed by atoms with Crippen LogP contribution in [0.3, 0.4) is 0 Å². The minimum absolute atomic E-state index is 0.0317. The van der Waals surface area contributed by atoms with Gasteiger partial charge in [0, 0.05) is 38.1 Å². The Bertz CT molecular complexity index is 739. The minimum atomic E-state index is -1.09. The molecular weight excluding hydrogens is 332 g/mol. The van der Waals surface area contributed by atoms with Crippen molar-refractivity contribution in [1.82, 2.24) is 4.90 Å². The van der Waals surface area contributed by atoms with Crippen LogP contribution >= 0.6 is 0 Å². The normalized spacial score (nSPS) is 29.9. The van der Waals surface area contributed by atoms with Crippen LogP contribution in [0.2, 0.25) is 0 Å². The number of carboxylic acids is 1. The molecule has 138 valence electrons. The van der Waals surface area contributed by atoms with Gasteiger partial charge in [0.1, 0.15) is 5.75 Å². The Morgan fingerprint density at radius 2 is 1.69 bits per heavy atom. The number of piperazine rings is 1. The van der Waals surface area contributed by atoms with E-state index >= 15 is 0 Å². The molecule has 2 aliphatic carbocycles. The maximum atomic E-state index is 13.0. The first-order valence-electron chi connectivity index (χ1n) is 9.16. The SMILES string of the molecule is COc1ccccc1N1CCN(C(=O)[C@@H]2[C@@H](C(=O)[O-])[C@H]3C=C[C@@H]2C3)CC1. The van der Waals surface area contributed by atoms with Gasteiger partial charge in [-0.2, -0.15) is 0 Å². The number of hydrogen-bond donors (Lipinski definition) is 0. The predicted octanol–water partition coefficient (Wildman–Crippen LogP) is 0.532. The van der Waals surface area contributed by atoms with Crippen molar-refractivity contribution in [3.05, 3.63) is 36.4 Å². The number of para-hydroxylation sites is 2. The predicted molar refractivity (Wildman–Crippen MR) is 94.5 cm³/mol. The zero-order chi connectivity index (χ0) is 18.3. The van der Waals surface area contributed by atoms with Crippen molar-refractivity contribution in [1.29, 1.82) is 0 Å². The van der Waals surface area contributed by atoms with E-state index in [-0.39, 0.29) is 17.7 Å². The maximum Gasteiger partial charge on any atom is 0.227 e. The van der Waals surface area contributed by atoms with Gasteiger partial charge in [0.25, 0.3) is 0 Å². The first kappa shape index (κ1) is 16.9. The molecule has 6 heteroatoms. The molecule has 26 heavy (non-hydrogen) atoms. The zero-order valence-corrected chi connectivity index (χ0v) is 14.8. The Morgan fingerprint density at radius 3 is 2.35 bits per heavy atom. The lowest BCUT2D eigenvalue weighted by atomic mass is 9.82. The van der Waals surface area contributed by atoms with Crippen LogP contribution in [0.25, 0.3) is 0 Å². The highest BCUT2D eigenvalue weighted by atomic mass is 16.5. The number of fused-ring (bicyclic) bond motifs is 2. The van der Waals surface area contributed by atoms with Crippen LogP contribution in [0, 0.1) is 23.7 Å². The van der Waals surface area contributed by atoms with Gasteiger partial charge >= 0.3 is 0 Å². The van der Waals surface area contributed by atoms with E-state index in [9.17, 15) is 14.7 Å². The summed E-state index contributed by atoms with van der Waals surface area (Å²) < 4.78 is 5.43. The fourth-order valence-electron chi connectivity index (χ4n) is 4.75. The summed E-state index contributed by atoms with van der Waals surface area (Å²) in [5.41, 5.74) is 1.03. The summed E-state index contributed by atoms with van der Waals surface area (Å²) in [5, 5.41) is 11.6. The third-order valence-electron chi connectivity index (χ3n) is 6.03. The molecule has 2 fully saturated rings. The number of benzene rings is 1. The van der Waals surface area contributed by atoms with Crippen molar-refractivity contribution in [2.75, 3.05) is 38.2 Å². The summed E-state index contributed by atoms with van der Waals surface area (Å²) in [4.78, 5) is 28.6. The Hall–Kier alpha value is -2.50. The number of hydrogen-bond acceptors (Lipinski definition) is 5. The highest BCUT2D eigenvalue weighted by molar-refractivity contribution is 5.86. The molecule has 0 aromatic heterocycles. The summed E-state index contributed by atoms with van der Waals surface area (Å²) in [6, 6.07) is 7.86. The van der Waals surface area contributed by atoms with E-state index < -0.39 is 17.8 Å². The van der Waals surface area contributed by atoms with E-state index in [2.05, 4.69) is 4.90 Å². The maximum absolute atomic E-state index is 13.0. The monoisotopic (exact) mass is 355 g/mol. The highest BCUT2D eigenvalue weighted by Crippen LogP contribution is 2.48. The molecule has 6 nitrogen and oxygen atoms in total. The van der Waals surface area contributed by atoms with Crippen molar-refractivity contribution >= 4 is 17.6 Å². The molecule has 2 bridgehead atoms. The molecule has 1 saturated heterocycles. The van der Waals surface area contributed by atoms with Crippen LogP contribution in [0.1, 0.15) is 6.42 Å². The van der Waals surface area contributed by atoms with Gasteiger partial charge in [0.2, 0.25) is 5.91 Å². The summed E-state index contributed by atoms with van der Waals surface area (Å²) in [5.74, 6) is -1.44. The number of nitrogens with zero attached hydrogens (tertiary/aromatic N) is 2. The van der Waals surface area contributed by atoms with Crippen LogP contribution in [0.15, 0.2) is 36.4 Å².